The smallest absolute Gasteiger partial charge is 0.308 e. The van der Waals surface area contributed by atoms with Crippen molar-refractivity contribution in [3.8, 4) is 6.07 Å². The summed E-state index contributed by atoms with van der Waals surface area (Å²) in [5.41, 5.74) is 0.115. The first-order valence-electron chi connectivity index (χ1n) is 15.7. The van der Waals surface area contributed by atoms with E-state index in [9.17, 15) is 36.8 Å². The van der Waals surface area contributed by atoms with Crippen molar-refractivity contribution < 1.29 is 45.4 Å². The predicted octanol–water partition coefficient (Wildman–Crippen LogP) is 2.34. The van der Waals surface area contributed by atoms with Crippen LogP contribution in [0.2, 0.25) is 0 Å². The summed E-state index contributed by atoms with van der Waals surface area (Å²) in [5.74, 6) is -2.76. The van der Waals surface area contributed by atoms with Gasteiger partial charge in [0.1, 0.15) is 11.6 Å². The van der Waals surface area contributed by atoms with E-state index in [1.165, 1.54) is 24.9 Å². The van der Waals surface area contributed by atoms with E-state index >= 15 is 0 Å². The molecule has 1 heterocycles. The van der Waals surface area contributed by atoms with Gasteiger partial charge in [0.15, 0.2) is 5.82 Å². The van der Waals surface area contributed by atoms with E-state index in [1.54, 1.807) is 0 Å². The third kappa shape index (κ3) is 11.9. The van der Waals surface area contributed by atoms with Crippen molar-refractivity contribution in [1.29, 1.82) is 5.26 Å². The van der Waals surface area contributed by atoms with Gasteiger partial charge in [0.25, 0.3) is 20.2 Å². The van der Waals surface area contributed by atoms with Crippen LogP contribution in [0, 0.1) is 17.2 Å². The van der Waals surface area contributed by atoms with E-state index in [0.29, 0.717) is 64.5 Å². The van der Waals surface area contributed by atoms with Crippen molar-refractivity contribution in [1.82, 2.24) is 20.0 Å². The number of carboxylic acid groups (broad SMARTS) is 1. The molecule has 0 saturated heterocycles. The number of unbranched alkanes of at least 4 members (excludes halogenated alkanes) is 2. The van der Waals surface area contributed by atoms with Crippen molar-refractivity contribution in [3.63, 3.8) is 0 Å². The van der Waals surface area contributed by atoms with Gasteiger partial charge in [-0.05, 0) is 77.3 Å². The Morgan fingerprint density at radius 2 is 1.72 bits per heavy atom. The van der Waals surface area contributed by atoms with Gasteiger partial charge in [-0.15, -0.1) is 5.11 Å². The Labute approximate surface area is 275 Å². The molecule has 6 unspecified atom stereocenters. The Kier molecular flexibility index (Phi) is 14.2. The molecule has 0 aromatic carbocycles. The third-order valence-electron chi connectivity index (χ3n) is 8.78. The second kappa shape index (κ2) is 17.4. The number of ether oxygens (including phenoxy) is 1. The van der Waals surface area contributed by atoms with Gasteiger partial charge in [-0.1, -0.05) is 0 Å². The number of carbonyl (C=O) groups is 2. The second-order valence-corrected chi connectivity index (χ2v) is 15.3. The Balaban J connectivity index is 1.82. The quantitative estimate of drug-likeness (QED) is 0.103. The van der Waals surface area contributed by atoms with Gasteiger partial charge in [0, 0.05) is 20.1 Å². The summed E-state index contributed by atoms with van der Waals surface area (Å²) in [4.78, 5) is 26.5. The van der Waals surface area contributed by atoms with Crippen molar-refractivity contribution in [2.75, 3.05) is 31.7 Å². The average molecular weight is 704 g/mol. The van der Waals surface area contributed by atoms with E-state index in [2.05, 4.69) is 25.5 Å². The molecular weight excluding hydrogens is 658 g/mol. The first-order valence-corrected chi connectivity index (χ1v) is 18.9. The zero-order valence-electron chi connectivity index (χ0n) is 26.6. The van der Waals surface area contributed by atoms with Crippen LogP contribution in [0.4, 0.5) is 5.82 Å². The molecule has 19 heteroatoms. The summed E-state index contributed by atoms with van der Waals surface area (Å²) >= 11 is 0. The molecule has 4 N–H and O–H groups in total. The molecule has 3 rings (SSSR count). The first-order chi connectivity index (χ1) is 22.1. The molecule has 6 atom stereocenters. The molecule has 2 aliphatic carbocycles. The van der Waals surface area contributed by atoms with Crippen molar-refractivity contribution >= 4 is 37.9 Å². The van der Waals surface area contributed by atoms with E-state index in [0.717, 1.165) is 0 Å². The van der Waals surface area contributed by atoms with Crippen molar-refractivity contribution in [2.24, 2.45) is 16.1 Å². The number of nitrogens with one attached hydrogen (secondary N) is 1. The highest BCUT2D eigenvalue weighted by atomic mass is 32.2. The summed E-state index contributed by atoms with van der Waals surface area (Å²) < 4.78 is 70.0. The topological polar surface area (TPSA) is 254 Å². The predicted molar refractivity (Wildman–Crippen MR) is 168 cm³/mol. The molecule has 47 heavy (non-hydrogen) atoms. The minimum absolute atomic E-state index is 0.0870. The molecule has 264 valence electrons. The van der Waals surface area contributed by atoms with Gasteiger partial charge >= 0.3 is 5.97 Å². The van der Waals surface area contributed by atoms with Crippen LogP contribution in [0.15, 0.2) is 16.4 Å². The number of azo groups is 1. The van der Waals surface area contributed by atoms with Gasteiger partial charge in [-0.2, -0.15) is 32.3 Å². The lowest BCUT2D eigenvalue weighted by atomic mass is 9.82. The van der Waals surface area contributed by atoms with Crippen LogP contribution in [0.1, 0.15) is 82.7 Å². The average Bonchev–Trinajstić information content (AvgIpc) is 3.40. The number of hydrogen-bond donors (Lipinski definition) is 4. The highest BCUT2D eigenvalue weighted by molar-refractivity contribution is 7.86. The van der Waals surface area contributed by atoms with Gasteiger partial charge in [-0.25, -0.2) is 4.68 Å². The Bertz CT molecular complexity index is 1470. The molecular formula is C28H45N7O10S2. The third-order valence-corrected chi connectivity index (χ3v) is 10.4. The van der Waals surface area contributed by atoms with Crippen LogP contribution in [-0.4, -0.2) is 114 Å². The van der Waals surface area contributed by atoms with Crippen LogP contribution in [0.5, 0.6) is 0 Å². The lowest BCUT2D eigenvalue weighted by Gasteiger charge is -2.40. The van der Waals surface area contributed by atoms with Gasteiger partial charge in [-0.3, -0.25) is 18.7 Å². The van der Waals surface area contributed by atoms with Gasteiger partial charge in [0.05, 0.1) is 47.8 Å². The standard InChI is InChI=1S/C28H45N7O10S2/c1-19(36)31-24-16-21(34(12-3-5-14-46(39,40)41)13-4-6-15-47(42,43)44)10-11-23(24)32-33-27-20(17-29)18-30-35(27)26-22(28(37)38)8-7-9-25(26)45-2/h18,21-26H,3-16H2,1-2H3,(H,31,36)(H,37,38)(H,39,40,41)(H,42,43,44). The number of carbonyl (C=O) groups excluding carboxylic acids is 1. The molecule has 1 aromatic rings. The molecule has 0 radical (unpaired) electrons. The fraction of sp³-hybridized carbons (Fsp3) is 0.786. The number of rotatable bonds is 17. The molecule has 2 aliphatic rings. The SMILES string of the molecule is COC1CCCC(C(=O)O)C1n1ncc(C#N)c1N=NC1CCC(N(CCCCS(=O)(=O)O)CCCCS(=O)(=O)O)CC1NC(C)=O. The Hall–Kier alpha value is -3.02. The largest absolute Gasteiger partial charge is 0.481 e. The Morgan fingerprint density at radius 1 is 1.09 bits per heavy atom. The molecule has 1 aromatic heterocycles. The van der Waals surface area contributed by atoms with Gasteiger partial charge in [0.2, 0.25) is 5.91 Å². The van der Waals surface area contributed by atoms with Crippen LogP contribution in [-0.2, 0) is 34.6 Å². The maximum absolute atomic E-state index is 12.2. The number of carboxylic acids is 1. The number of aliphatic carboxylic acids is 1. The molecule has 1 amide bonds. The summed E-state index contributed by atoms with van der Waals surface area (Å²) in [7, 11) is -6.72. The minimum Gasteiger partial charge on any atom is -0.481 e. The molecule has 0 aliphatic heterocycles. The molecule has 2 fully saturated rings. The van der Waals surface area contributed by atoms with E-state index in [-0.39, 0.29) is 47.7 Å². The van der Waals surface area contributed by atoms with Crippen molar-refractivity contribution in [3.05, 3.63) is 11.8 Å². The van der Waals surface area contributed by atoms with Crippen LogP contribution in [0.25, 0.3) is 0 Å². The fourth-order valence-corrected chi connectivity index (χ4v) is 7.71. The van der Waals surface area contributed by atoms with E-state index in [4.69, 9.17) is 13.8 Å². The second-order valence-electron chi connectivity index (χ2n) is 12.2. The summed E-state index contributed by atoms with van der Waals surface area (Å²) in [6.07, 6.45) is 5.41. The van der Waals surface area contributed by atoms with Crippen molar-refractivity contribution in [2.45, 2.75) is 101 Å². The number of nitriles is 1. The lowest BCUT2D eigenvalue weighted by Crippen LogP contribution is -2.51. The van der Waals surface area contributed by atoms with Crippen LogP contribution in [0.3, 0.4) is 0 Å². The lowest BCUT2D eigenvalue weighted by molar-refractivity contribution is -0.147. The molecule has 2 saturated carbocycles. The zero-order chi connectivity index (χ0) is 34.8. The first kappa shape index (κ1) is 38.4. The normalized spacial score (nSPS) is 25.5. The zero-order valence-corrected chi connectivity index (χ0v) is 28.3. The highest BCUT2D eigenvalue weighted by Gasteiger charge is 2.41. The molecule has 0 bridgehead atoms. The highest BCUT2D eigenvalue weighted by Crippen LogP contribution is 2.39. The van der Waals surface area contributed by atoms with E-state index in [1.807, 2.05) is 6.07 Å². The summed E-state index contributed by atoms with van der Waals surface area (Å²) in [6, 6.07) is 0.284. The molecule has 0 spiro atoms. The monoisotopic (exact) mass is 703 g/mol. The summed E-state index contributed by atoms with van der Waals surface area (Å²) in [5, 5.41) is 35.9. The van der Waals surface area contributed by atoms with Crippen LogP contribution >= 0.6 is 0 Å². The van der Waals surface area contributed by atoms with Crippen LogP contribution < -0.4 is 5.32 Å². The van der Waals surface area contributed by atoms with E-state index < -0.39 is 56.4 Å². The fourth-order valence-electron chi connectivity index (χ4n) is 6.57. The Morgan fingerprint density at radius 3 is 2.26 bits per heavy atom. The number of aromatic nitrogens is 2. The summed E-state index contributed by atoms with van der Waals surface area (Å²) in [6.45, 7) is 2.30. The minimum atomic E-state index is -4.11. The molecule has 17 nitrogen and oxygen atoms in total. The number of amides is 1. The number of methoxy groups -OCH3 is 1. The number of hydrogen-bond acceptors (Lipinski definition) is 12. The number of nitrogens with zero attached hydrogens (tertiary/aromatic N) is 6. The maximum Gasteiger partial charge on any atom is 0.308 e. The van der Waals surface area contributed by atoms with Gasteiger partial charge < -0.3 is 20.1 Å². The maximum atomic E-state index is 12.2.